The summed E-state index contributed by atoms with van der Waals surface area (Å²) < 4.78 is 13.1. The first-order valence-electron chi connectivity index (χ1n) is 7.72. The number of nitrogens with zero attached hydrogens (tertiary/aromatic N) is 5. The smallest absolute Gasteiger partial charge is 0.237 e. The van der Waals surface area contributed by atoms with Gasteiger partial charge in [-0.25, -0.2) is 0 Å². The molecule has 0 aromatic carbocycles. The summed E-state index contributed by atoms with van der Waals surface area (Å²) in [7, 11) is 0. The molecule has 7 nitrogen and oxygen atoms in total. The number of aromatic nitrogens is 5. The Morgan fingerprint density at radius 3 is 3.04 bits per heavy atom. The lowest BCUT2D eigenvalue weighted by atomic mass is 10.0. The normalized spacial score (nSPS) is 18.2. The van der Waals surface area contributed by atoms with Gasteiger partial charge in [-0.05, 0) is 31.0 Å². The fourth-order valence-corrected chi connectivity index (χ4v) is 2.78. The van der Waals surface area contributed by atoms with Crippen LogP contribution in [0.3, 0.4) is 0 Å². The molecule has 0 amide bonds. The molecule has 1 fully saturated rings. The zero-order chi connectivity index (χ0) is 15.5. The van der Waals surface area contributed by atoms with Crippen molar-refractivity contribution in [3.63, 3.8) is 0 Å². The minimum Gasteiger partial charge on any atom is -0.423 e. The molecule has 23 heavy (non-hydrogen) atoms. The first kappa shape index (κ1) is 14.1. The van der Waals surface area contributed by atoms with E-state index < -0.39 is 0 Å². The molecule has 0 N–H and O–H groups in total. The second-order valence-electron chi connectivity index (χ2n) is 5.56. The highest BCUT2D eigenvalue weighted by atomic mass is 16.5. The van der Waals surface area contributed by atoms with Crippen molar-refractivity contribution in [3.05, 3.63) is 48.6 Å². The van der Waals surface area contributed by atoms with Gasteiger partial charge in [-0.15, -0.1) is 10.2 Å². The summed E-state index contributed by atoms with van der Waals surface area (Å²) in [6.07, 6.45) is 7.39. The maximum Gasteiger partial charge on any atom is 0.237 e. The summed E-state index contributed by atoms with van der Waals surface area (Å²) in [6, 6.07) is 5.85. The average molecular weight is 311 g/mol. The van der Waals surface area contributed by atoms with Crippen molar-refractivity contribution in [3.8, 4) is 11.3 Å². The van der Waals surface area contributed by atoms with Crippen LogP contribution in [0.2, 0.25) is 0 Å². The van der Waals surface area contributed by atoms with Crippen LogP contribution in [-0.2, 0) is 11.3 Å². The average Bonchev–Trinajstić information content (AvgIpc) is 3.26. The molecule has 4 heterocycles. The summed E-state index contributed by atoms with van der Waals surface area (Å²) >= 11 is 0. The van der Waals surface area contributed by atoms with E-state index >= 15 is 0 Å². The van der Waals surface area contributed by atoms with Crippen LogP contribution < -0.4 is 0 Å². The molecule has 1 aliphatic heterocycles. The molecule has 118 valence electrons. The van der Waals surface area contributed by atoms with Gasteiger partial charge in [-0.1, -0.05) is 0 Å². The summed E-state index contributed by atoms with van der Waals surface area (Å²) in [5.41, 5.74) is 1.98. The molecule has 3 aromatic heterocycles. The standard InChI is InChI=1S/C16H17N5O2/c1-3-12(9-17-6-1)14-5-7-18-21(14)10-15-19-20-16(23-15)13-4-2-8-22-11-13/h1,3,5-7,9,13H,2,4,8,10-11H2. The van der Waals surface area contributed by atoms with Gasteiger partial charge in [0, 0.05) is 30.8 Å². The SMILES string of the molecule is c1cncc(-c2ccnn2Cc2nnc(C3CCCOC3)o2)c1. The lowest BCUT2D eigenvalue weighted by Crippen LogP contribution is -2.15. The molecule has 1 saturated heterocycles. The van der Waals surface area contributed by atoms with Crippen molar-refractivity contribution < 1.29 is 9.15 Å². The van der Waals surface area contributed by atoms with E-state index in [0.29, 0.717) is 24.9 Å². The third kappa shape index (κ3) is 3.00. The van der Waals surface area contributed by atoms with Crippen LogP contribution >= 0.6 is 0 Å². The van der Waals surface area contributed by atoms with Crippen LogP contribution in [0.5, 0.6) is 0 Å². The van der Waals surface area contributed by atoms with Gasteiger partial charge in [0.15, 0.2) is 0 Å². The van der Waals surface area contributed by atoms with E-state index in [2.05, 4.69) is 20.3 Å². The first-order valence-corrected chi connectivity index (χ1v) is 7.72. The first-order chi connectivity index (χ1) is 11.4. The monoisotopic (exact) mass is 311 g/mol. The van der Waals surface area contributed by atoms with Crippen molar-refractivity contribution in [1.29, 1.82) is 0 Å². The zero-order valence-corrected chi connectivity index (χ0v) is 12.6. The van der Waals surface area contributed by atoms with Crippen LogP contribution in [-0.4, -0.2) is 38.2 Å². The summed E-state index contributed by atoms with van der Waals surface area (Å²) in [5, 5.41) is 12.7. The molecule has 4 rings (SSSR count). The quantitative estimate of drug-likeness (QED) is 0.735. The molecule has 0 spiro atoms. The Morgan fingerprint density at radius 2 is 2.22 bits per heavy atom. The molecule has 1 atom stereocenters. The molecule has 0 saturated carbocycles. The van der Waals surface area contributed by atoms with E-state index in [-0.39, 0.29) is 5.92 Å². The second kappa shape index (κ2) is 6.29. The molecule has 1 aliphatic rings. The Kier molecular flexibility index (Phi) is 3.85. The molecule has 3 aromatic rings. The number of hydrogen-bond donors (Lipinski definition) is 0. The van der Waals surface area contributed by atoms with Gasteiger partial charge < -0.3 is 9.15 Å². The number of hydrogen-bond acceptors (Lipinski definition) is 6. The predicted molar refractivity (Wildman–Crippen MR) is 81.7 cm³/mol. The van der Waals surface area contributed by atoms with Gasteiger partial charge in [0.25, 0.3) is 0 Å². The highest BCUT2D eigenvalue weighted by molar-refractivity contribution is 5.57. The van der Waals surface area contributed by atoms with Gasteiger partial charge in [-0.2, -0.15) is 5.10 Å². The fourth-order valence-electron chi connectivity index (χ4n) is 2.78. The summed E-state index contributed by atoms with van der Waals surface area (Å²) in [6.45, 7) is 1.92. The van der Waals surface area contributed by atoms with Crippen molar-refractivity contribution in [2.75, 3.05) is 13.2 Å². The second-order valence-corrected chi connectivity index (χ2v) is 5.56. The fraction of sp³-hybridized carbons (Fsp3) is 0.375. The van der Waals surface area contributed by atoms with Crippen molar-refractivity contribution >= 4 is 0 Å². The van der Waals surface area contributed by atoms with Gasteiger partial charge in [0.1, 0.15) is 6.54 Å². The minimum atomic E-state index is 0.209. The largest absolute Gasteiger partial charge is 0.423 e. The molecule has 1 unspecified atom stereocenters. The van der Waals surface area contributed by atoms with Crippen LogP contribution in [0.25, 0.3) is 11.3 Å². The molecule has 7 heteroatoms. The van der Waals surface area contributed by atoms with Crippen molar-refractivity contribution in [2.24, 2.45) is 0 Å². The van der Waals surface area contributed by atoms with Gasteiger partial charge >= 0.3 is 0 Å². The van der Waals surface area contributed by atoms with Crippen molar-refractivity contribution in [2.45, 2.75) is 25.3 Å². The van der Waals surface area contributed by atoms with E-state index in [1.54, 1.807) is 12.4 Å². The number of ether oxygens (including phenoxy) is 1. The van der Waals surface area contributed by atoms with Gasteiger partial charge in [0.05, 0.1) is 18.2 Å². The Morgan fingerprint density at radius 1 is 1.22 bits per heavy atom. The van der Waals surface area contributed by atoms with Crippen LogP contribution in [0.15, 0.2) is 41.2 Å². The highest BCUT2D eigenvalue weighted by Crippen LogP contribution is 2.25. The maximum absolute atomic E-state index is 5.81. The highest BCUT2D eigenvalue weighted by Gasteiger charge is 2.22. The van der Waals surface area contributed by atoms with Crippen LogP contribution in [0, 0.1) is 0 Å². The van der Waals surface area contributed by atoms with Crippen LogP contribution in [0.4, 0.5) is 0 Å². The number of pyridine rings is 1. The van der Waals surface area contributed by atoms with E-state index in [1.807, 2.05) is 29.1 Å². The van der Waals surface area contributed by atoms with Gasteiger partial charge in [-0.3, -0.25) is 9.67 Å². The van der Waals surface area contributed by atoms with E-state index in [9.17, 15) is 0 Å². The molecular weight excluding hydrogens is 294 g/mol. The molecule has 0 bridgehead atoms. The zero-order valence-electron chi connectivity index (χ0n) is 12.6. The van der Waals surface area contributed by atoms with Gasteiger partial charge in [0.2, 0.25) is 11.8 Å². The lowest BCUT2D eigenvalue weighted by molar-refractivity contribution is 0.0721. The molecule has 0 aliphatic carbocycles. The molecular formula is C16H17N5O2. The Hall–Kier alpha value is -2.54. The summed E-state index contributed by atoms with van der Waals surface area (Å²) in [5.74, 6) is 1.43. The third-order valence-corrected chi connectivity index (χ3v) is 3.95. The summed E-state index contributed by atoms with van der Waals surface area (Å²) in [4.78, 5) is 4.15. The van der Waals surface area contributed by atoms with E-state index in [1.165, 1.54) is 0 Å². The Bertz CT molecular complexity index is 762. The topological polar surface area (TPSA) is 78.9 Å². The van der Waals surface area contributed by atoms with E-state index in [4.69, 9.17) is 9.15 Å². The third-order valence-electron chi connectivity index (χ3n) is 3.95. The van der Waals surface area contributed by atoms with Crippen LogP contribution in [0.1, 0.15) is 30.5 Å². The maximum atomic E-state index is 5.81. The predicted octanol–water partition coefficient (Wildman–Crippen LogP) is 2.27. The van der Waals surface area contributed by atoms with E-state index in [0.717, 1.165) is 30.7 Å². The Labute approximate surface area is 133 Å². The molecule has 0 radical (unpaired) electrons. The number of rotatable bonds is 4. The van der Waals surface area contributed by atoms with Crippen molar-refractivity contribution in [1.82, 2.24) is 25.0 Å². The minimum absolute atomic E-state index is 0.209. The Balaban J connectivity index is 1.53. The lowest BCUT2D eigenvalue weighted by Gasteiger charge is -2.18.